The summed E-state index contributed by atoms with van der Waals surface area (Å²) in [5.74, 6) is -0.156. The van der Waals surface area contributed by atoms with Crippen molar-refractivity contribution in [2.75, 3.05) is 26.2 Å². The minimum atomic E-state index is -0.581. The van der Waals surface area contributed by atoms with E-state index in [2.05, 4.69) is 10.1 Å². The molecule has 0 atom stereocenters. The summed E-state index contributed by atoms with van der Waals surface area (Å²) in [5.41, 5.74) is 0.828. The fourth-order valence-electron chi connectivity index (χ4n) is 2.69. The molecule has 5 nitrogen and oxygen atoms in total. The van der Waals surface area contributed by atoms with Crippen LogP contribution in [0, 0.1) is 12.7 Å². The number of halogens is 2. The molecule has 0 spiro atoms. The van der Waals surface area contributed by atoms with Crippen molar-refractivity contribution >= 4 is 17.5 Å². The molecule has 1 amide bonds. The molecule has 2 aromatic rings. The van der Waals surface area contributed by atoms with Gasteiger partial charge in [0.05, 0.1) is 16.3 Å². The smallest absolute Gasteiger partial charge is 0.258 e. The minimum Gasteiger partial charge on any atom is -0.361 e. The second kappa shape index (κ2) is 6.68. The van der Waals surface area contributed by atoms with E-state index in [0.29, 0.717) is 32.7 Å². The highest BCUT2D eigenvalue weighted by Crippen LogP contribution is 2.21. The zero-order valence-corrected chi connectivity index (χ0v) is 13.5. The van der Waals surface area contributed by atoms with Gasteiger partial charge in [-0.25, -0.2) is 4.39 Å². The van der Waals surface area contributed by atoms with E-state index in [9.17, 15) is 9.18 Å². The topological polar surface area (TPSA) is 49.6 Å². The number of rotatable bonds is 3. The van der Waals surface area contributed by atoms with Crippen molar-refractivity contribution < 1.29 is 13.7 Å². The fourth-order valence-corrected chi connectivity index (χ4v) is 2.93. The van der Waals surface area contributed by atoms with Gasteiger partial charge >= 0.3 is 0 Å². The molecule has 3 rings (SSSR count). The lowest BCUT2D eigenvalue weighted by molar-refractivity contribution is 0.0621. The van der Waals surface area contributed by atoms with Gasteiger partial charge in [0.2, 0.25) is 0 Å². The SMILES string of the molecule is Cc1cc(CN2CCN(C(=O)c3c(F)cccc3Cl)CC2)no1. The van der Waals surface area contributed by atoms with Gasteiger partial charge in [0.25, 0.3) is 5.91 Å². The Labute approximate surface area is 138 Å². The first-order chi connectivity index (χ1) is 11.0. The van der Waals surface area contributed by atoms with Gasteiger partial charge in [-0.1, -0.05) is 22.8 Å². The van der Waals surface area contributed by atoms with Gasteiger partial charge in [-0.2, -0.15) is 0 Å². The minimum absolute atomic E-state index is 0.0465. The molecule has 23 heavy (non-hydrogen) atoms. The lowest BCUT2D eigenvalue weighted by atomic mass is 10.1. The average Bonchev–Trinajstić information content (AvgIpc) is 2.93. The Morgan fingerprint density at radius 2 is 2.09 bits per heavy atom. The van der Waals surface area contributed by atoms with E-state index in [0.717, 1.165) is 11.5 Å². The van der Waals surface area contributed by atoms with Crippen LogP contribution < -0.4 is 0 Å². The lowest BCUT2D eigenvalue weighted by Gasteiger charge is -2.34. The summed E-state index contributed by atoms with van der Waals surface area (Å²) in [6.45, 7) is 4.99. The maximum absolute atomic E-state index is 13.9. The first-order valence-corrected chi connectivity index (χ1v) is 7.80. The monoisotopic (exact) mass is 337 g/mol. The molecule has 1 aromatic heterocycles. The van der Waals surface area contributed by atoms with Crippen molar-refractivity contribution in [3.63, 3.8) is 0 Å². The second-order valence-electron chi connectivity index (χ2n) is 5.59. The predicted octanol–water partition coefficient (Wildman–Crippen LogP) is 2.73. The molecule has 122 valence electrons. The molecule has 1 aliphatic heterocycles. The summed E-state index contributed by atoms with van der Waals surface area (Å²) in [7, 11) is 0. The largest absolute Gasteiger partial charge is 0.361 e. The van der Waals surface area contributed by atoms with E-state index in [1.54, 1.807) is 4.90 Å². The van der Waals surface area contributed by atoms with Gasteiger partial charge in [-0.05, 0) is 19.1 Å². The van der Waals surface area contributed by atoms with Gasteiger partial charge in [0, 0.05) is 38.8 Å². The van der Waals surface area contributed by atoms with E-state index >= 15 is 0 Å². The van der Waals surface area contributed by atoms with Gasteiger partial charge in [-0.3, -0.25) is 9.69 Å². The summed E-state index contributed by atoms with van der Waals surface area (Å²) in [5, 5.41) is 4.12. The highest BCUT2D eigenvalue weighted by Gasteiger charge is 2.26. The van der Waals surface area contributed by atoms with Crippen LogP contribution in [0.15, 0.2) is 28.8 Å². The summed E-state index contributed by atoms with van der Waals surface area (Å²) in [4.78, 5) is 16.3. The van der Waals surface area contributed by atoms with Crippen molar-refractivity contribution in [1.82, 2.24) is 15.0 Å². The van der Waals surface area contributed by atoms with Crippen molar-refractivity contribution in [2.24, 2.45) is 0 Å². The van der Waals surface area contributed by atoms with Gasteiger partial charge in [0.1, 0.15) is 11.6 Å². The van der Waals surface area contributed by atoms with Gasteiger partial charge < -0.3 is 9.42 Å². The quantitative estimate of drug-likeness (QED) is 0.864. The third-order valence-electron chi connectivity index (χ3n) is 3.90. The highest BCUT2D eigenvalue weighted by molar-refractivity contribution is 6.33. The molecule has 1 saturated heterocycles. The number of aryl methyl sites for hydroxylation is 1. The van der Waals surface area contributed by atoms with Crippen LogP contribution in [-0.4, -0.2) is 47.0 Å². The molecular formula is C16H17ClFN3O2. The maximum atomic E-state index is 13.9. The second-order valence-corrected chi connectivity index (χ2v) is 6.00. The molecule has 1 fully saturated rings. The van der Waals surface area contributed by atoms with Crippen LogP contribution in [0.25, 0.3) is 0 Å². The predicted molar refractivity (Wildman–Crippen MR) is 83.8 cm³/mol. The van der Waals surface area contributed by atoms with E-state index in [1.165, 1.54) is 18.2 Å². The van der Waals surface area contributed by atoms with Crippen LogP contribution in [0.4, 0.5) is 4.39 Å². The van der Waals surface area contributed by atoms with E-state index < -0.39 is 5.82 Å². The van der Waals surface area contributed by atoms with E-state index in [-0.39, 0.29) is 16.5 Å². The third-order valence-corrected chi connectivity index (χ3v) is 4.21. The number of benzene rings is 1. The number of nitrogens with zero attached hydrogens (tertiary/aromatic N) is 3. The number of piperazine rings is 1. The average molecular weight is 338 g/mol. The molecule has 7 heteroatoms. The number of carbonyl (C=O) groups excluding carboxylic acids is 1. The van der Waals surface area contributed by atoms with Crippen LogP contribution in [0.2, 0.25) is 5.02 Å². The highest BCUT2D eigenvalue weighted by atomic mass is 35.5. The van der Waals surface area contributed by atoms with E-state index in [1.807, 2.05) is 13.0 Å². The standard InChI is InChI=1S/C16H17ClFN3O2/c1-11-9-12(19-23-11)10-20-5-7-21(8-6-20)16(22)15-13(17)3-2-4-14(15)18/h2-4,9H,5-8,10H2,1H3. The van der Waals surface area contributed by atoms with E-state index in [4.69, 9.17) is 16.1 Å². The number of amides is 1. The third kappa shape index (κ3) is 3.54. The van der Waals surface area contributed by atoms with Crippen LogP contribution in [-0.2, 0) is 6.54 Å². The van der Waals surface area contributed by atoms with Crippen molar-refractivity contribution in [2.45, 2.75) is 13.5 Å². The zero-order valence-electron chi connectivity index (χ0n) is 12.8. The van der Waals surface area contributed by atoms with Crippen molar-refractivity contribution in [3.05, 3.63) is 52.1 Å². The lowest BCUT2D eigenvalue weighted by Crippen LogP contribution is -2.48. The molecule has 0 radical (unpaired) electrons. The summed E-state index contributed by atoms with van der Waals surface area (Å²) in [6, 6.07) is 6.17. The molecule has 1 aliphatic rings. The maximum Gasteiger partial charge on any atom is 0.258 e. The van der Waals surface area contributed by atoms with Crippen LogP contribution in [0.1, 0.15) is 21.8 Å². The van der Waals surface area contributed by atoms with Crippen LogP contribution >= 0.6 is 11.6 Å². The Kier molecular flexibility index (Phi) is 4.63. The van der Waals surface area contributed by atoms with Gasteiger partial charge in [-0.15, -0.1) is 0 Å². The summed E-state index contributed by atoms with van der Waals surface area (Å²) in [6.07, 6.45) is 0. The number of hydrogen-bond acceptors (Lipinski definition) is 4. The van der Waals surface area contributed by atoms with Crippen molar-refractivity contribution in [1.29, 1.82) is 0 Å². The Bertz CT molecular complexity index is 691. The first kappa shape index (κ1) is 16.0. The van der Waals surface area contributed by atoms with Crippen LogP contribution in [0.5, 0.6) is 0 Å². The number of hydrogen-bond donors (Lipinski definition) is 0. The zero-order chi connectivity index (χ0) is 16.4. The van der Waals surface area contributed by atoms with Crippen LogP contribution in [0.3, 0.4) is 0 Å². The molecule has 0 saturated carbocycles. The summed E-state index contributed by atoms with van der Waals surface area (Å²) >= 11 is 5.97. The Morgan fingerprint density at radius 1 is 1.35 bits per heavy atom. The molecule has 2 heterocycles. The molecule has 0 unspecified atom stereocenters. The molecule has 0 aliphatic carbocycles. The Balaban J connectivity index is 1.61. The molecule has 1 aromatic carbocycles. The number of carbonyl (C=O) groups is 1. The molecule has 0 N–H and O–H groups in total. The fraction of sp³-hybridized carbons (Fsp3) is 0.375. The molecular weight excluding hydrogens is 321 g/mol. The summed E-state index contributed by atoms with van der Waals surface area (Å²) < 4.78 is 18.9. The molecule has 0 bridgehead atoms. The Morgan fingerprint density at radius 3 is 2.70 bits per heavy atom. The van der Waals surface area contributed by atoms with Crippen molar-refractivity contribution in [3.8, 4) is 0 Å². The normalized spacial score (nSPS) is 15.9. The van der Waals surface area contributed by atoms with Gasteiger partial charge in [0.15, 0.2) is 0 Å². The first-order valence-electron chi connectivity index (χ1n) is 7.42. The Hall–Kier alpha value is -1.92. The number of aromatic nitrogens is 1.